The van der Waals surface area contributed by atoms with Crippen LogP contribution in [0.1, 0.15) is 6.92 Å². The molecule has 2 aromatic rings. The Labute approximate surface area is 97.5 Å². The minimum absolute atomic E-state index is 0.391. The quantitative estimate of drug-likeness (QED) is 0.641. The molecule has 0 aliphatic rings. The van der Waals surface area contributed by atoms with Crippen LogP contribution in [0.2, 0.25) is 0 Å². The third-order valence-corrected chi connectivity index (χ3v) is 2.42. The van der Waals surface area contributed by atoms with Crippen molar-refractivity contribution in [2.75, 3.05) is 0 Å². The van der Waals surface area contributed by atoms with E-state index in [1.807, 2.05) is 0 Å². The lowest BCUT2D eigenvalue weighted by Crippen LogP contribution is -2.26. The first-order valence-electron chi connectivity index (χ1n) is 5.10. The molecule has 17 heavy (non-hydrogen) atoms. The number of nitrogens with zero attached hydrogens (tertiary/aromatic N) is 1. The highest BCUT2D eigenvalue weighted by atomic mass is 16.5. The van der Waals surface area contributed by atoms with Gasteiger partial charge in [0.2, 0.25) is 5.52 Å². The molecule has 1 N–H and O–H groups in total. The molecule has 0 aliphatic carbocycles. The molecular weight excluding hydrogens is 222 g/mol. The van der Waals surface area contributed by atoms with E-state index >= 15 is 0 Å². The molecule has 1 aromatic heterocycles. The van der Waals surface area contributed by atoms with Gasteiger partial charge >= 0.3 is 5.97 Å². The highest BCUT2D eigenvalue weighted by Crippen LogP contribution is 2.23. The fourth-order valence-corrected chi connectivity index (χ4v) is 1.53. The minimum atomic E-state index is -1.05. The smallest absolute Gasteiger partial charge is 0.344 e. The molecule has 1 heterocycles. The molecule has 2 rings (SSSR count). The molecule has 88 valence electrons. The first-order chi connectivity index (χ1) is 8.09. The second kappa shape index (κ2) is 4.29. The van der Waals surface area contributed by atoms with Gasteiger partial charge in [-0.15, -0.1) is 0 Å². The zero-order valence-corrected chi connectivity index (χ0v) is 9.16. The Morgan fingerprint density at radius 3 is 2.88 bits per heavy atom. The summed E-state index contributed by atoms with van der Waals surface area (Å²) in [6, 6.07) is 8.25. The summed E-state index contributed by atoms with van der Waals surface area (Å²) < 4.78 is 6.01. The maximum atomic E-state index is 11.5. The number of hydrogen-bond acceptors (Lipinski definition) is 3. The third kappa shape index (κ3) is 2.13. The summed E-state index contributed by atoms with van der Waals surface area (Å²) >= 11 is 0. The molecule has 0 radical (unpaired) electrons. The highest BCUT2D eigenvalue weighted by Gasteiger charge is 2.15. The van der Waals surface area contributed by atoms with Crippen LogP contribution in [0, 0.1) is 5.21 Å². The summed E-state index contributed by atoms with van der Waals surface area (Å²) in [5.74, 6) is -0.657. The Kier molecular flexibility index (Phi) is 2.82. The monoisotopic (exact) mass is 233 g/mol. The maximum absolute atomic E-state index is 11.5. The van der Waals surface area contributed by atoms with Gasteiger partial charge < -0.3 is 15.1 Å². The summed E-state index contributed by atoms with van der Waals surface area (Å²) in [5.41, 5.74) is 0.447. The number of fused-ring (bicyclic) bond motifs is 1. The van der Waals surface area contributed by atoms with Crippen molar-refractivity contribution in [1.29, 1.82) is 0 Å². The van der Waals surface area contributed by atoms with Crippen LogP contribution in [0.15, 0.2) is 36.5 Å². The molecule has 0 aliphatic heterocycles. The zero-order valence-electron chi connectivity index (χ0n) is 9.16. The Hall–Kier alpha value is -2.30. The average molecular weight is 233 g/mol. The lowest BCUT2D eigenvalue weighted by Gasteiger charge is -2.12. The topological polar surface area (TPSA) is 73.5 Å². The zero-order chi connectivity index (χ0) is 12.4. The molecule has 0 saturated carbocycles. The van der Waals surface area contributed by atoms with Crippen molar-refractivity contribution in [3.05, 3.63) is 41.7 Å². The van der Waals surface area contributed by atoms with Crippen LogP contribution in [0.25, 0.3) is 10.9 Å². The first-order valence-corrected chi connectivity index (χ1v) is 5.10. The number of benzene rings is 1. The SMILES string of the molecule is C[C@H](Oc1cccc2c1ccc[n+]2[O-])C(=O)O. The van der Waals surface area contributed by atoms with Gasteiger partial charge in [0.1, 0.15) is 5.75 Å². The van der Waals surface area contributed by atoms with E-state index in [1.165, 1.54) is 13.1 Å². The molecule has 0 amide bonds. The Bertz CT molecular complexity index is 567. The molecule has 0 spiro atoms. The van der Waals surface area contributed by atoms with E-state index in [4.69, 9.17) is 9.84 Å². The van der Waals surface area contributed by atoms with E-state index in [9.17, 15) is 10.0 Å². The lowest BCUT2D eigenvalue weighted by molar-refractivity contribution is -0.577. The summed E-state index contributed by atoms with van der Waals surface area (Å²) in [4.78, 5) is 10.7. The predicted molar refractivity (Wildman–Crippen MR) is 60.6 cm³/mol. The van der Waals surface area contributed by atoms with Crippen molar-refractivity contribution in [3.63, 3.8) is 0 Å². The summed E-state index contributed by atoms with van der Waals surface area (Å²) in [6.45, 7) is 1.44. The van der Waals surface area contributed by atoms with Crippen LogP contribution in [0.5, 0.6) is 5.75 Å². The van der Waals surface area contributed by atoms with Crippen molar-refractivity contribution in [2.45, 2.75) is 13.0 Å². The van der Waals surface area contributed by atoms with Crippen LogP contribution >= 0.6 is 0 Å². The molecule has 5 heteroatoms. The second-order valence-electron chi connectivity index (χ2n) is 3.62. The number of aromatic nitrogens is 1. The molecule has 0 bridgehead atoms. The number of ether oxygens (including phenoxy) is 1. The van der Waals surface area contributed by atoms with Gasteiger partial charge in [-0.25, -0.2) is 4.79 Å². The van der Waals surface area contributed by atoms with Gasteiger partial charge in [-0.2, -0.15) is 4.73 Å². The number of carboxylic acids is 1. The van der Waals surface area contributed by atoms with Gasteiger partial charge in [-0.1, -0.05) is 6.07 Å². The molecule has 1 aromatic carbocycles. The van der Waals surface area contributed by atoms with Gasteiger partial charge in [0.25, 0.3) is 0 Å². The van der Waals surface area contributed by atoms with E-state index in [2.05, 4.69) is 0 Å². The van der Waals surface area contributed by atoms with Gasteiger partial charge in [0, 0.05) is 12.1 Å². The molecule has 0 saturated heterocycles. The van der Waals surface area contributed by atoms with Crippen LogP contribution in [0.3, 0.4) is 0 Å². The average Bonchev–Trinajstić information content (AvgIpc) is 2.30. The van der Waals surface area contributed by atoms with Crippen molar-refractivity contribution in [1.82, 2.24) is 0 Å². The molecule has 5 nitrogen and oxygen atoms in total. The van der Waals surface area contributed by atoms with Crippen LogP contribution < -0.4 is 9.47 Å². The Morgan fingerprint density at radius 1 is 1.41 bits per heavy atom. The summed E-state index contributed by atoms with van der Waals surface area (Å²) in [5, 5.41) is 20.9. The van der Waals surface area contributed by atoms with Crippen molar-refractivity contribution >= 4 is 16.9 Å². The Balaban J connectivity index is 2.48. The summed E-state index contributed by atoms with van der Waals surface area (Å²) in [7, 11) is 0. The van der Waals surface area contributed by atoms with E-state index in [-0.39, 0.29) is 0 Å². The number of carbonyl (C=O) groups is 1. The minimum Gasteiger partial charge on any atom is -0.618 e. The third-order valence-electron chi connectivity index (χ3n) is 2.42. The van der Waals surface area contributed by atoms with Crippen molar-refractivity contribution in [3.8, 4) is 5.75 Å². The molecule has 0 unspecified atom stereocenters. The molecule has 0 fully saturated rings. The van der Waals surface area contributed by atoms with E-state index in [0.29, 0.717) is 21.4 Å². The van der Waals surface area contributed by atoms with E-state index < -0.39 is 12.1 Å². The van der Waals surface area contributed by atoms with Crippen LogP contribution in [-0.4, -0.2) is 17.2 Å². The fraction of sp³-hybridized carbons (Fsp3) is 0.167. The van der Waals surface area contributed by atoms with Gasteiger partial charge in [-0.3, -0.25) is 0 Å². The van der Waals surface area contributed by atoms with Gasteiger partial charge in [0.05, 0.1) is 5.39 Å². The number of rotatable bonds is 3. The van der Waals surface area contributed by atoms with Gasteiger partial charge in [-0.05, 0) is 19.1 Å². The number of carboxylic acid groups (broad SMARTS) is 1. The van der Waals surface area contributed by atoms with E-state index in [0.717, 1.165) is 0 Å². The second-order valence-corrected chi connectivity index (χ2v) is 3.62. The fourth-order valence-electron chi connectivity index (χ4n) is 1.53. The number of aliphatic carboxylic acids is 1. The summed E-state index contributed by atoms with van der Waals surface area (Å²) in [6.07, 6.45) is 0.424. The molecule has 1 atom stereocenters. The van der Waals surface area contributed by atoms with Crippen LogP contribution in [-0.2, 0) is 4.79 Å². The normalized spacial score (nSPS) is 12.3. The van der Waals surface area contributed by atoms with Crippen molar-refractivity contribution in [2.24, 2.45) is 0 Å². The van der Waals surface area contributed by atoms with E-state index in [1.54, 1.807) is 30.3 Å². The lowest BCUT2D eigenvalue weighted by atomic mass is 10.2. The van der Waals surface area contributed by atoms with Crippen LogP contribution in [0.4, 0.5) is 0 Å². The first kappa shape index (κ1) is 11.2. The number of pyridine rings is 1. The largest absolute Gasteiger partial charge is 0.618 e. The highest BCUT2D eigenvalue weighted by molar-refractivity contribution is 5.83. The molecular formula is C12H11NO4. The Morgan fingerprint density at radius 2 is 2.18 bits per heavy atom. The van der Waals surface area contributed by atoms with Crippen molar-refractivity contribution < 1.29 is 19.4 Å². The maximum Gasteiger partial charge on any atom is 0.344 e. The predicted octanol–water partition coefficient (Wildman–Crippen LogP) is 1.33. The van der Waals surface area contributed by atoms with Gasteiger partial charge in [0.15, 0.2) is 12.3 Å². The standard InChI is InChI=1S/C12H11NO4/c1-8(12(14)15)17-11-6-2-5-10-9(11)4-3-7-13(10)16/h2-8H,1H3,(H,14,15)/t8-/m0/s1. The number of hydrogen-bond donors (Lipinski definition) is 1.